The quantitative estimate of drug-likeness (QED) is 0.215. The van der Waals surface area contributed by atoms with Crippen LogP contribution in [0.25, 0.3) is 0 Å². The highest BCUT2D eigenvalue weighted by Crippen LogP contribution is 2.30. The van der Waals surface area contributed by atoms with Gasteiger partial charge < -0.3 is 56.5 Å². The number of halogens is 15. The van der Waals surface area contributed by atoms with Crippen molar-refractivity contribution in [2.45, 2.75) is 52.8 Å². The highest BCUT2D eigenvalue weighted by molar-refractivity contribution is 6.50. The van der Waals surface area contributed by atoms with Gasteiger partial charge in [-0.05, 0) is 27.7 Å². The molecule has 0 spiro atoms. The summed E-state index contributed by atoms with van der Waals surface area (Å²) >= 11 is 0. The standard InChI is InChI=1S/C11H24NO.CHF3.3BF4/c1-5-13-10-12(11(2,3)4)8-6-7-9-12;2-1(3)4;3*2-1(3,4)5/h5-10H2,1-4H3;1H;;;/q+1;;3*-1. The Labute approximate surface area is 176 Å². The summed E-state index contributed by atoms with van der Waals surface area (Å²) in [5.74, 6) is 0. The van der Waals surface area contributed by atoms with Gasteiger partial charge in [-0.3, -0.25) is 4.48 Å². The SMILES string of the molecule is CCOC[N+]1(C(C)(C)C)CCCC1.FC(F)F.F[B-](F)(F)F.F[B-](F)(F)F.F[B-](F)(F)F. The van der Waals surface area contributed by atoms with Crippen molar-refractivity contribution < 1.29 is 74.2 Å². The zero-order valence-corrected chi connectivity index (χ0v) is 17.6. The molecule has 1 heterocycles. The molecule has 0 aromatic rings. The van der Waals surface area contributed by atoms with Crippen LogP contribution in [0.5, 0.6) is 0 Å². The van der Waals surface area contributed by atoms with Gasteiger partial charge in [0, 0.05) is 19.4 Å². The number of ether oxygens (including phenoxy) is 1. The van der Waals surface area contributed by atoms with Gasteiger partial charge in [-0.1, -0.05) is 0 Å². The van der Waals surface area contributed by atoms with Crippen LogP contribution in [0.4, 0.5) is 65.0 Å². The second kappa shape index (κ2) is 16.6. The van der Waals surface area contributed by atoms with E-state index in [1.54, 1.807) is 0 Å². The van der Waals surface area contributed by atoms with Gasteiger partial charge in [-0.15, -0.1) is 0 Å². The number of hydrogen-bond acceptors (Lipinski definition) is 1. The van der Waals surface area contributed by atoms with Crippen LogP contribution in [-0.4, -0.2) is 64.9 Å². The first-order valence-electron chi connectivity index (χ1n) is 8.73. The average molecular weight is 517 g/mol. The summed E-state index contributed by atoms with van der Waals surface area (Å²) in [5.41, 5.74) is 0.339. The van der Waals surface area contributed by atoms with Gasteiger partial charge in [0.2, 0.25) is 0 Å². The third-order valence-corrected chi connectivity index (χ3v) is 3.39. The summed E-state index contributed by atoms with van der Waals surface area (Å²) in [6.45, 7) is 9.74. The Kier molecular flexibility index (Phi) is 19.9. The molecule has 1 saturated heterocycles. The van der Waals surface area contributed by atoms with E-state index in [1.807, 2.05) is 0 Å². The molecule has 200 valence electrons. The van der Waals surface area contributed by atoms with Crippen molar-refractivity contribution in [1.82, 2.24) is 0 Å². The molecule has 0 radical (unpaired) electrons. The minimum Gasteiger partial charge on any atom is -0.418 e. The molecule has 1 aliphatic heterocycles. The average Bonchev–Trinajstić information content (AvgIpc) is 2.88. The number of alkyl halides is 3. The Morgan fingerprint density at radius 3 is 1.06 bits per heavy atom. The summed E-state index contributed by atoms with van der Waals surface area (Å²) in [7, 11) is -18.0. The molecule has 1 aliphatic rings. The number of quaternary nitrogens is 1. The van der Waals surface area contributed by atoms with Gasteiger partial charge in [0.1, 0.15) is 0 Å². The molecule has 0 aliphatic carbocycles. The minimum absolute atomic E-state index is 0.339. The second-order valence-electron chi connectivity index (χ2n) is 6.82. The van der Waals surface area contributed by atoms with Gasteiger partial charge in [-0.2, -0.15) is 13.2 Å². The van der Waals surface area contributed by atoms with Crippen LogP contribution in [0, 0.1) is 0 Å². The van der Waals surface area contributed by atoms with Crippen LogP contribution in [0.1, 0.15) is 40.5 Å². The van der Waals surface area contributed by atoms with E-state index >= 15 is 0 Å². The molecule has 1 fully saturated rings. The molecular formula is C12H25B3F15NO-2. The maximum Gasteiger partial charge on any atom is 0.673 e. The maximum absolute atomic E-state index is 9.75. The third kappa shape index (κ3) is 47.0. The molecule has 0 N–H and O–H groups in total. The first kappa shape index (κ1) is 38.3. The molecule has 0 unspecified atom stereocenters. The molecule has 2 nitrogen and oxygen atoms in total. The van der Waals surface area contributed by atoms with Crippen LogP contribution >= 0.6 is 0 Å². The molecule has 0 aromatic heterocycles. The number of likely N-dealkylation sites (tertiary alicyclic amines) is 1. The summed E-state index contributed by atoms with van der Waals surface area (Å²) in [6.07, 6.45) is 2.73. The van der Waals surface area contributed by atoms with Crippen LogP contribution < -0.4 is 0 Å². The Morgan fingerprint density at radius 1 is 0.688 bits per heavy atom. The van der Waals surface area contributed by atoms with Gasteiger partial charge in [0.05, 0.1) is 18.6 Å². The molecule has 0 aromatic carbocycles. The van der Waals surface area contributed by atoms with E-state index in [2.05, 4.69) is 27.7 Å². The molecule has 0 saturated carbocycles. The fourth-order valence-corrected chi connectivity index (χ4v) is 2.20. The molecule has 1 rings (SSSR count). The van der Waals surface area contributed by atoms with Crippen LogP contribution in [0.2, 0.25) is 0 Å². The number of nitrogens with zero attached hydrogens (tertiary/aromatic N) is 1. The largest absolute Gasteiger partial charge is 0.673 e. The summed E-state index contributed by atoms with van der Waals surface area (Å²) in [5, 5.41) is 0. The Bertz CT molecular complexity index is 382. The fourth-order valence-electron chi connectivity index (χ4n) is 2.20. The lowest BCUT2D eigenvalue weighted by Crippen LogP contribution is -2.59. The van der Waals surface area contributed by atoms with Gasteiger partial charge in [-0.25, -0.2) is 0 Å². The van der Waals surface area contributed by atoms with Crippen molar-refractivity contribution in [2.24, 2.45) is 0 Å². The van der Waals surface area contributed by atoms with E-state index in [-0.39, 0.29) is 0 Å². The summed E-state index contributed by atoms with van der Waals surface area (Å²) in [4.78, 5) is 0. The van der Waals surface area contributed by atoms with Crippen LogP contribution in [0.15, 0.2) is 0 Å². The van der Waals surface area contributed by atoms with E-state index in [9.17, 15) is 65.0 Å². The van der Waals surface area contributed by atoms with E-state index in [4.69, 9.17) is 4.74 Å². The van der Waals surface area contributed by atoms with Gasteiger partial charge in [0.15, 0.2) is 6.73 Å². The van der Waals surface area contributed by atoms with Crippen LogP contribution in [-0.2, 0) is 4.74 Å². The molecular weight excluding hydrogens is 492 g/mol. The first-order valence-corrected chi connectivity index (χ1v) is 8.73. The van der Waals surface area contributed by atoms with Crippen molar-refractivity contribution in [3.05, 3.63) is 0 Å². The van der Waals surface area contributed by atoms with Crippen molar-refractivity contribution in [3.63, 3.8) is 0 Å². The lowest BCUT2D eigenvalue weighted by molar-refractivity contribution is -0.976. The van der Waals surface area contributed by atoms with E-state index in [0.29, 0.717) is 5.54 Å². The highest BCUT2D eigenvalue weighted by Gasteiger charge is 2.42. The second-order valence-corrected chi connectivity index (χ2v) is 6.82. The summed E-state index contributed by atoms with van der Waals surface area (Å²) in [6, 6.07) is 0. The van der Waals surface area contributed by atoms with E-state index < -0.39 is 28.4 Å². The third-order valence-electron chi connectivity index (χ3n) is 3.39. The molecule has 0 bridgehead atoms. The fraction of sp³-hybridized carbons (Fsp3) is 1.00. The first-order chi connectivity index (χ1) is 13.7. The smallest absolute Gasteiger partial charge is 0.418 e. The van der Waals surface area contributed by atoms with E-state index in [1.165, 1.54) is 25.9 Å². The molecule has 32 heavy (non-hydrogen) atoms. The number of rotatable bonds is 3. The van der Waals surface area contributed by atoms with Crippen molar-refractivity contribution >= 4 is 21.8 Å². The van der Waals surface area contributed by atoms with Crippen LogP contribution in [0.3, 0.4) is 0 Å². The van der Waals surface area contributed by atoms with Gasteiger partial charge in [0.25, 0.3) is 0 Å². The maximum atomic E-state index is 9.75. The lowest BCUT2D eigenvalue weighted by Gasteiger charge is -2.45. The predicted octanol–water partition coefficient (Wildman–Crippen LogP) is 7.47. The monoisotopic (exact) mass is 517 g/mol. The molecule has 20 heteroatoms. The van der Waals surface area contributed by atoms with Crippen molar-refractivity contribution in [3.8, 4) is 0 Å². The molecule has 0 atom stereocenters. The summed E-state index contributed by atoms with van der Waals surface area (Å²) < 4.78 is 153. The van der Waals surface area contributed by atoms with Crippen molar-refractivity contribution in [2.75, 3.05) is 26.4 Å². The van der Waals surface area contributed by atoms with Gasteiger partial charge >= 0.3 is 28.4 Å². The van der Waals surface area contributed by atoms with Crippen molar-refractivity contribution in [1.29, 1.82) is 0 Å². The topological polar surface area (TPSA) is 9.23 Å². The van der Waals surface area contributed by atoms with E-state index in [0.717, 1.165) is 17.8 Å². The Hall–Kier alpha value is -0.935. The normalized spacial score (nSPS) is 15.8. The molecule has 0 amide bonds. The predicted molar refractivity (Wildman–Crippen MR) is 93.1 cm³/mol. The highest BCUT2D eigenvalue weighted by atomic mass is 19.5. The zero-order valence-electron chi connectivity index (χ0n) is 17.6. The minimum atomic E-state index is -6.00. The Morgan fingerprint density at radius 2 is 0.906 bits per heavy atom. The zero-order chi connectivity index (χ0) is 27.0. The lowest BCUT2D eigenvalue weighted by atomic mass is 10.0. The Balaban J connectivity index is -0.000000173. The number of hydrogen-bond donors (Lipinski definition) is 0.